The van der Waals surface area contributed by atoms with Crippen molar-refractivity contribution in [3.63, 3.8) is 0 Å². The molecule has 0 aromatic carbocycles. The molecule has 0 bridgehead atoms. The van der Waals surface area contributed by atoms with Crippen LogP contribution in [-0.4, -0.2) is 53.7 Å². The topological polar surface area (TPSA) is 113 Å². The highest BCUT2D eigenvalue weighted by Crippen LogP contribution is 2.48. The molecule has 2 unspecified atom stereocenters. The van der Waals surface area contributed by atoms with Crippen LogP contribution in [0.15, 0.2) is 17.4 Å². The number of hydrogen-bond donors (Lipinski definition) is 3. The van der Waals surface area contributed by atoms with Crippen LogP contribution in [0.25, 0.3) is 11.2 Å². The Bertz CT molecular complexity index is 738. The van der Waals surface area contributed by atoms with Crippen LogP contribution in [0.2, 0.25) is 0 Å². The normalized spacial score (nSPS) is 36.4. The zero-order valence-electron chi connectivity index (χ0n) is 11.4. The van der Waals surface area contributed by atoms with Crippen LogP contribution >= 0.6 is 0 Å². The quantitative estimate of drug-likeness (QED) is 0.688. The van der Waals surface area contributed by atoms with Gasteiger partial charge in [-0.25, -0.2) is 14.4 Å². The highest BCUT2D eigenvalue weighted by atomic mass is 19.1. The summed E-state index contributed by atoms with van der Waals surface area (Å²) in [6.45, 7) is 1.89. The predicted octanol–water partition coefficient (Wildman–Crippen LogP) is -0.512. The van der Waals surface area contributed by atoms with Crippen LogP contribution < -0.4 is 5.56 Å². The highest BCUT2D eigenvalue weighted by molar-refractivity contribution is 5.69. The van der Waals surface area contributed by atoms with Gasteiger partial charge in [-0.2, -0.15) is 0 Å². The summed E-state index contributed by atoms with van der Waals surface area (Å²) in [5.41, 5.74) is -4.38. The Morgan fingerprint density at radius 1 is 1.52 bits per heavy atom. The van der Waals surface area contributed by atoms with E-state index in [0.29, 0.717) is 0 Å². The van der Waals surface area contributed by atoms with E-state index in [0.717, 1.165) is 0 Å². The summed E-state index contributed by atoms with van der Waals surface area (Å²) in [5.74, 6) is 0. The van der Waals surface area contributed by atoms with E-state index in [9.17, 15) is 15.0 Å². The van der Waals surface area contributed by atoms with Gasteiger partial charge in [-0.3, -0.25) is 9.36 Å². The molecule has 21 heavy (non-hydrogen) atoms. The largest absolute Gasteiger partial charge is 0.394 e. The van der Waals surface area contributed by atoms with Gasteiger partial charge >= 0.3 is 0 Å². The number of aliphatic hydroxyl groups excluding tert-OH is 1. The van der Waals surface area contributed by atoms with Crippen molar-refractivity contribution in [3.8, 4) is 0 Å². The Hall–Kier alpha value is -1.84. The summed E-state index contributed by atoms with van der Waals surface area (Å²) in [6.07, 6.45) is 0.0428. The summed E-state index contributed by atoms with van der Waals surface area (Å²) in [5, 5.41) is 19.6. The lowest BCUT2D eigenvalue weighted by Gasteiger charge is -2.32. The summed E-state index contributed by atoms with van der Waals surface area (Å²) in [6, 6.07) is 0. The molecular formula is C12H15FN4O4. The third-order valence-corrected chi connectivity index (χ3v) is 4.16. The van der Waals surface area contributed by atoms with Crippen molar-refractivity contribution in [1.82, 2.24) is 19.5 Å². The lowest BCUT2D eigenvalue weighted by atomic mass is 9.85. The van der Waals surface area contributed by atoms with Crippen LogP contribution in [0.5, 0.6) is 0 Å². The number of hydrogen-bond acceptors (Lipinski definition) is 6. The van der Waals surface area contributed by atoms with E-state index in [-0.39, 0.29) is 11.2 Å². The number of nitrogens with zero attached hydrogens (tertiary/aromatic N) is 3. The monoisotopic (exact) mass is 298 g/mol. The molecule has 4 atom stereocenters. The summed E-state index contributed by atoms with van der Waals surface area (Å²) < 4.78 is 21.7. The number of ether oxygens (including phenoxy) is 1. The molecule has 1 aliphatic rings. The van der Waals surface area contributed by atoms with E-state index in [4.69, 9.17) is 4.74 Å². The van der Waals surface area contributed by atoms with Gasteiger partial charge in [0, 0.05) is 0 Å². The fourth-order valence-corrected chi connectivity index (χ4v) is 2.56. The third-order valence-electron chi connectivity index (χ3n) is 4.16. The Labute approximate surface area is 118 Å². The number of aromatic amines is 1. The smallest absolute Gasteiger partial charge is 0.278 e. The molecule has 0 radical (unpaired) electrons. The molecule has 0 spiro atoms. The van der Waals surface area contributed by atoms with Crippen molar-refractivity contribution in [1.29, 1.82) is 0 Å². The minimum Gasteiger partial charge on any atom is -0.394 e. The van der Waals surface area contributed by atoms with Crippen LogP contribution in [-0.2, 0) is 4.74 Å². The number of aromatic nitrogens is 4. The number of alkyl halides is 1. The number of halogens is 1. The fourth-order valence-electron chi connectivity index (χ4n) is 2.56. The van der Waals surface area contributed by atoms with Crippen molar-refractivity contribution in [2.75, 3.05) is 6.61 Å². The van der Waals surface area contributed by atoms with Gasteiger partial charge in [0.2, 0.25) is 0 Å². The fraction of sp³-hybridized carbons (Fsp3) is 0.583. The van der Waals surface area contributed by atoms with Crippen LogP contribution in [0.1, 0.15) is 20.1 Å². The van der Waals surface area contributed by atoms with Crippen LogP contribution in [0.4, 0.5) is 4.39 Å². The molecule has 2 aromatic heterocycles. The average molecular weight is 298 g/mol. The maximum atomic E-state index is 15.0. The molecule has 1 aliphatic heterocycles. The first-order valence-electron chi connectivity index (χ1n) is 6.38. The average Bonchev–Trinajstić information content (AvgIpc) is 2.90. The number of rotatable bonds is 2. The van der Waals surface area contributed by atoms with Gasteiger partial charge < -0.3 is 19.9 Å². The molecule has 1 saturated heterocycles. The molecule has 0 aliphatic carbocycles. The van der Waals surface area contributed by atoms with Gasteiger partial charge in [-0.1, -0.05) is 0 Å². The predicted molar refractivity (Wildman–Crippen MR) is 69.3 cm³/mol. The number of aliphatic hydroxyl groups is 2. The number of nitrogens with one attached hydrogen (secondary N) is 1. The van der Waals surface area contributed by atoms with E-state index < -0.39 is 35.8 Å². The Morgan fingerprint density at radius 3 is 2.86 bits per heavy atom. The molecule has 0 saturated carbocycles. The molecule has 9 heteroatoms. The molecule has 1 fully saturated rings. The second kappa shape index (κ2) is 4.33. The molecule has 3 rings (SSSR count). The molecule has 114 valence electrons. The molecule has 3 N–H and O–H groups in total. The van der Waals surface area contributed by atoms with Gasteiger partial charge in [0.15, 0.2) is 23.1 Å². The zero-order valence-corrected chi connectivity index (χ0v) is 11.4. The molecule has 3 heterocycles. The third kappa shape index (κ3) is 1.74. The Kier molecular flexibility index (Phi) is 2.91. The molecule has 8 nitrogen and oxygen atoms in total. The second-order valence-corrected chi connectivity index (χ2v) is 5.44. The summed E-state index contributed by atoms with van der Waals surface area (Å²) >= 11 is 0. The number of fused-ring (bicyclic) bond motifs is 1. The lowest BCUT2D eigenvalue weighted by molar-refractivity contribution is -0.0891. The maximum absolute atomic E-state index is 15.0. The number of H-pyrrole nitrogens is 1. The minimum atomic E-state index is -2.21. The first kappa shape index (κ1) is 14.1. The maximum Gasteiger partial charge on any atom is 0.278 e. The van der Waals surface area contributed by atoms with E-state index in [2.05, 4.69) is 15.0 Å². The van der Waals surface area contributed by atoms with Crippen molar-refractivity contribution >= 4 is 11.2 Å². The second-order valence-electron chi connectivity index (χ2n) is 5.44. The molecule has 0 amide bonds. The van der Waals surface area contributed by atoms with Gasteiger partial charge in [0.1, 0.15) is 11.7 Å². The minimum absolute atomic E-state index is 0.0454. The van der Waals surface area contributed by atoms with E-state index >= 15 is 4.39 Å². The van der Waals surface area contributed by atoms with Crippen molar-refractivity contribution in [2.24, 2.45) is 0 Å². The first-order chi connectivity index (χ1) is 9.80. The Morgan fingerprint density at radius 2 is 2.24 bits per heavy atom. The van der Waals surface area contributed by atoms with Crippen molar-refractivity contribution < 1.29 is 19.3 Å². The van der Waals surface area contributed by atoms with E-state index in [1.807, 2.05) is 0 Å². The first-order valence-corrected chi connectivity index (χ1v) is 6.38. The summed E-state index contributed by atoms with van der Waals surface area (Å²) in [4.78, 5) is 21.8. The zero-order chi connectivity index (χ0) is 15.4. The lowest BCUT2D eigenvalue weighted by Crippen LogP contribution is -2.51. The van der Waals surface area contributed by atoms with Gasteiger partial charge in [-0.15, -0.1) is 0 Å². The van der Waals surface area contributed by atoms with Gasteiger partial charge in [0.25, 0.3) is 5.56 Å². The van der Waals surface area contributed by atoms with E-state index in [1.54, 1.807) is 0 Å². The van der Waals surface area contributed by atoms with Gasteiger partial charge in [-0.05, 0) is 13.8 Å². The molecule has 2 aromatic rings. The van der Waals surface area contributed by atoms with Crippen molar-refractivity contribution in [3.05, 3.63) is 23.0 Å². The standard InChI is InChI=1S/C12H15FN4O4/c1-11(13)10(21-6(3-18)12(11,2)20)17-5-16-7-8(17)14-4-15-9(7)19/h4-6,10,18,20H,3H2,1-2H3,(H,14,15,19)/t6-,10?,11-,12?/m1/s1. The van der Waals surface area contributed by atoms with Crippen LogP contribution in [0, 0.1) is 0 Å². The van der Waals surface area contributed by atoms with E-state index in [1.165, 1.54) is 31.1 Å². The van der Waals surface area contributed by atoms with Crippen LogP contribution in [0.3, 0.4) is 0 Å². The van der Waals surface area contributed by atoms with Gasteiger partial charge in [0.05, 0.1) is 19.3 Å². The Balaban J connectivity index is 2.15. The summed E-state index contributed by atoms with van der Waals surface area (Å²) in [7, 11) is 0. The highest BCUT2D eigenvalue weighted by Gasteiger charge is 2.63. The van der Waals surface area contributed by atoms with Crippen molar-refractivity contribution in [2.45, 2.75) is 37.4 Å². The number of imidazole rings is 1. The SMILES string of the molecule is CC1(O)[C@@H](CO)OC(n2cnc3c(=O)[nH]cnc32)[C@@]1(C)F. The molecular weight excluding hydrogens is 283 g/mol.